The van der Waals surface area contributed by atoms with Crippen molar-refractivity contribution in [2.24, 2.45) is 11.0 Å². The lowest BCUT2D eigenvalue weighted by molar-refractivity contribution is 0.463. The van der Waals surface area contributed by atoms with Gasteiger partial charge in [-0.25, -0.2) is 0 Å². The lowest BCUT2D eigenvalue weighted by Gasteiger charge is -2.30. The molecule has 0 saturated carbocycles. The zero-order valence-electron chi connectivity index (χ0n) is 12.3. The first kappa shape index (κ1) is 16.9. The summed E-state index contributed by atoms with van der Waals surface area (Å²) in [4.78, 5) is 0.401. The third kappa shape index (κ3) is 3.47. The van der Waals surface area contributed by atoms with Crippen LogP contribution in [0.25, 0.3) is 11.1 Å². The predicted octanol–water partition coefficient (Wildman–Crippen LogP) is 3.59. The molecule has 2 aromatic rings. The fraction of sp³-hybridized carbons (Fsp3) is 0.200. The van der Waals surface area contributed by atoms with Crippen LogP contribution in [0.4, 0.5) is 5.69 Å². The van der Waals surface area contributed by atoms with Gasteiger partial charge in [-0.1, -0.05) is 37.3 Å². The van der Waals surface area contributed by atoms with Crippen LogP contribution in [-0.2, 0) is 4.57 Å². The Hall–Kier alpha value is -1.46. The average Bonchev–Trinajstić information content (AvgIpc) is 2.47. The van der Waals surface area contributed by atoms with Crippen molar-refractivity contribution >= 4 is 25.9 Å². The van der Waals surface area contributed by atoms with Crippen molar-refractivity contribution in [2.45, 2.75) is 18.2 Å². The lowest BCUT2D eigenvalue weighted by Crippen LogP contribution is -2.29. The van der Waals surface area contributed by atoms with Crippen LogP contribution in [0.5, 0.6) is 5.75 Å². The van der Waals surface area contributed by atoms with Crippen LogP contribution in [0.15, 0.2) is 47.4 Å². The summed E-state index contributed by atoms with van der Waals surface area (Å²) in [5, 5.41) is 9.97. The van der Waals surface area contributed by atoms with E-state index in [1.165, 1.54) is 10.7 Å². The minimum absolute atomic E-state index is 0.0475. The highest BCUT2D eigenvalue weighted by Crippen LogP contribution is 2.47. The number of phenolic OH excluding ortho intramolecular Hbond substituents is 1. The Bertz CT molecular complexity index is 703. The fourth-order valence-corrected chi connectivity index (χ4v) is 3.67. The van der Waals surface area contributed by atoms with E-state index in [1.807, 2.05) is 37.3 Å². The van der Waals surface area contributed by atoms with Gasteiger partial charge in [0, 0.05) is 12.1 Å². The molecule has 2 rings (SSSR count). The summed E-state index contributed by atoms with van der Waals surface area (Å²) in [5.74, 6) is 0.0475. The van der Waals surface area contributed by atoms with Crippen molar-refractivity contribution in [3.8, 4) is 16.9 Å². The number of aromatic hydroxyl groups is 1. The second kappa shape index (κ2) is 6.75. The molecule has 2 aromatic carbocycles. The van der Waals surface area contributed by atoms with Crippen LogP contribution in [0.3, 0.4) is 0 Å². The van der Waals surface area contributed by atoms with Gasteiger partial charge in [-0.2, -0.15) is 0 Å². The number of hydrogen-bond donors (Lipinski definition) is 4. The normalized spacial score (nSPS) is 11.5. The Morgan fingerprint density at radius 2 is 1.82 bits per heavy atom. The van der Waals surface area contributed by atoms with Crippen LogP contribution in [0.2, 0.25) is 0 Å². The van der Waals surface area contributed by atoms with Gasteiger partial charge in [0.15, 0.2) is 0 Å². The maximum Gasteiger partial charge on any atom is 0.300 e. The molecule has 0 aliphatic heterocycles. The van der Waals surface area contributed by atoms with Gasteiger partial charge in [-0.3, -0.25) is 20.2 Å². The molecule has 22 heavy (non-hydrogen) atoms. The molecule has 5 N–H and O–H groups in total. The van der Waals surface area contributed by atoms with Crippen LogP contribution in [-0.4, -0.2) is 11.7 Å². The second-order valence-corrected chi connectivity index (χ2v) is 7.26. The number of benzene rings is 2. The molecule has 0 bridgehead atoms. The first-order valence-corrected chi connectivity index (χ1v) is 9.16. The molecule has 118 valence electrons. The Morgan fingerprint density at radius 1 is 1.18 bits per heavy atom. The van der Waals surface area contributed by atoms with Crippen LogP contribution < -0.4 is 15.7 Å². The summed E-state index contributed by atoms with van der Waals surface area (Å²) in [6.45, 7) is 2.40. The van der Waals surface area contributed by atoms with Crippen LogP contribution in [0, 0.1) is 0 Å². The molecule has 0 radical (unpaired) electrons. The first-order chi connectivity index (χ1) is 10.4. The maximum absolute atomic E-state index is 12.3. The third-order valence-corrected chi connectivity index (χ3v) is 4.91. The van der Waals surface area contributed by atoms with Gasteiger partial charge in [-0.05, 0) is 24.1 Å². The topological polar surface area (TPSA) is 92.6 Å². The molecule has 0 saturated heterocycles. The van der Waals surface area contributed by atoms with Gasteiger partial charge in [0.2, 0.25) is 0 Å². The van der Waals surface area contributed by atoms with E-state index in [0.717, 1.165) is 12.0 Å². The van der Waals surface area contributed by atoms with Gasteiger partial charge < -0.3 is 5.11 Å². The molecule has 0 amide bonds. The standard InChI is InChI=1S/C15H20N3O2PS/c1-2-10-18(21(16,17)20)12-8-9-13(19)15(22)14(12)11-6-4-3-5-7-11/h3-9,19,22H,2,10H2,1H3,(H4,16,17,20). The zero-order valence-corrected chi connectivity index (χ0v) is 14.1. The number of rotatable bonds is 5. The fourth-order valence-electron chi connectivity index (χ4n) is 2.33. The van der Waals surface area contributed by atoms with E-state index in [1.54, 1.807) is 6.07 Å². The Labute approximate surface area is 135 Å². The molecule has 0 atom stereocenters. The zero-order chi connectivity index (χ0) is 16.3. The van der Waals surface area contributed by atoms with Crippen molar-refractivity contribution < 1.29 is 9.67 Å². The molecule has 7 heteroatoms. The average molecular weight is 337 g/mol. The minimum Gasteiger partial charge on any atom is -0.507 e. The Balaban J connectivity index is 2.71. The lowest BCUT2D eigenvalue weighted by atomic mass is 10.0. The van der Waals surface area contributed by atoms with Gasteiger partial charge in [-0.15, -0.1) is 12.6 Å². The van der Waals surface area contributed by atoms with E-state index in [4.69, 9.17) is 11.0 Å². The number of thiol groups is 1. The summed E-state index contributed by atoms with van der Waals surface area (Å²) >= 11 is 4.40. The molecular formula is C15H20N3O2PS. The second-order valence-electron chi connectivity index (χ2n) is 4.99. The molecular weight excluding hydrogens is 317 g/mol. The van der Waals surface area contributed by atoms with Crippen LogP contribution in [0.1, 0.15) is 13.3 Å². The van der Waals surface area contributed by atoms with Crippen molar-refractivity contribution in [3.05, 3.63) is 42.5 Å². The predicted molar refractivity (Wildman–Crippen MR) is 94.4 cm³/mol. The summed E-state index contributed by atoms with van der Waals surface area (Å²) < 4.78 is 13.8. The summed E-state index contributed by atoms with van der Waals surface area (Å²) in [6, 6.07) is 12.6. The highest BCUT2D eigenvalue weighted by Gasteiger charge is 2.25. The summed E-state index contributed by atoms with van der Waals surface area (Å²) in [6.07, 6.45) is 0.732. The van der Waals surface area contributed by atoms with Crippen molar-refractivity contribution in [1.29, 1.82) is 0 Å². The molecule has 0 aromatic heterocycles. The van der Waals surface area contributed by atoms with E-state index in [9.17, 15) is 9.67 Å². The quantitative estimate of drug-likeness (QED) is 0.494. The largest absolute Gasteiger partial charge is 0.507 e. The van der Waals surface area contributed by atoms with E-state index in [-0.39, 0.29) is 5.75 Å². The summed E-state index contributed by atoms with van der Waals surface area (Å²) in [5.41, 5.74) is 13.5. The van der Waals surface area contributed by atoms with Gasteiger partial charge >= 0.3 is 7.59 Å². The van der Waals surface area contributed by atoms with E-state index in [2.05, 4.69) is 12.6 Å². The van der Waals surface area contributed by atoms with E-state index in [0.29, 0.717) is 22.7 Å². The maximum atomic E-state index is 12.3. The SMILES string of the molecule is CCCN(c1ccc(O)c(S)c1-c1ccccc1)P(N)(N)=O. The van der Waals surface area contributed by atoms with E-state index >= 15 is 0 Å². The van der Waals surface area contributed by atoms with Gasteiger partial charge in [0.25, 0.3) is 0 Å². The third-order valence-electron chi connectivity index (χ3n) is 3.29. The van der Waals surface area contributed by atoms with Crippen molar-refractivity contribution in [1.82, 2.24) is 0 Å². The van der Waals surface area contributed by atoms with Gasteiger partial charge in [0.1, 0.15) is 5.75 Å². The molecule has 0 aliphatic rings. The number of nitrogens with zero attached hydrogens (tertiary/aromatic N) is 1. The molecule has 0 spiro atoms. The molecule has 0 aliphatic carbocycles. The number of anilines is 1. The highest BCUT2D eigenvalue weighted by atomic mass is 32.1. The molecule has 0 unspecified atom stereocenters. The highest BCUT2D eigenvalue weighted by molar-refractivity contribution is 7.80. The number of phenols is 1. The monoisotopic (exact) mass is 337 g/mol. The molecule has 5 nitrogen and oxygen atoms in total. The first-order valence-electron chi connectivity index (χ1n) is 6.91. The smallest absolute Gasteiger partial charge is 0.300 e. The minimum atomic E-state index is -3.48. The van der Waals surface area contributed by atoms with Gasteiger partial charge in [0.05, 0.1) is 10.6 Å². The Kier molecular flexibility index (Phi) is 5.19. The molecule has 0 fully saturated rings. The summed E-state index contributed by atoms with van der Waals surface area (Å²) in [7, 11) is -3.48. The van der Waals surface area contributed by atoms with E-state index < -0.39 is 7.59 Å². The van der Waals surface area contributed by atoms with Crippen LogP contribution >= 0.6 is 20.2 Å². The number of hydrogen-bond acceptors (Lipinski definition) is 3. The van der Waals surface area contributed by atoms with Crippen molar-refractivity contribution in [2.75, 3.05) is 11.2 Å². The number of nitrogens with two attached hydrogens (primary N) is 2. The Morgan fingerprint density at radius 3 is 2.36 bits per heavy atom. The van der Waals surface area contributed by atoms with Crippen molar-refractivity contribution in [3.63, 3.8) is 0 Å². The molecule has 0 heterocycles.